The molecule has 15 heavy (non-hydrogen) atoms. The van der Waals surface area contributed by atoms with Crippen LogP contribution >= 0.6 is 0 Å². The van der Waals surface area contributed by atoms with E-state index in [2.05, 4.69) is 5.32 Å². The Bertz CT molecular complexity index is 256. The Morgan fingerprint density at radius 3 is 2.73 bits per heavy atom. The molecule has 0 bridgehead atoms. The molecule has 1 saturated heterocycles. The van der Waals surface area contributed by atoms with Crippen LogP contribution in [0.1, 0.15) is 6.42 Å². The summed E-state index contributed by atoms with van der Waals surface area (Å²) in [5.74, 6) is -1.59. The van der Waals surface area contributed by atoms with Gasteiger partial charge in [0.1, 0.15) is 0 Å². The highest BCUT2D eigenvalue weighted by atomic mass is 16.4. The highest BCUT2D eigenvalue weighted by molar-refractivity contribution is 5.80. The third kappa shape index (κ3) is 3.49. The number of aliphatic hydroxyl groups is 1. The average molecular weight is 216 g/mol. The Morgan fingerprint density at radius 1 is 1.60 bits per heavy atom. The number of likely N-dealkylation sites (tertiary alicyclic amines) is 1. The van der Waals surface area contributed by atoms with E-state index in [-0.39, 0.29) is 18.4 Å². The van der Waals surface area contributed by atoms with Crippen LogP contribution in [0.2, 0.25) is 0 Å². The highest BCUT2D eigenvalue weighted by Crippen LogP contribution is 2.13. The molecule has 0 saturated carbocycles. The molecule has 1 aliphatic heterocycles. The van der Waals surface area contributed by atoms with Crippen LogP contribution in [-0.2, 0) is 9.59 Å². The minimum Gasteiger partial charge on any atom is -0.479 e. The number of nitrogens with one attached hydrogen (secondary N) is 1. The summed E-state index contributed by atoms with van der Waals surface area (Å²) in [6.07, 6.45) is -0.737. The Kier molecular flexibility index (Phi) is 4.05. The second kappa shape index (κ2) is 5.09. The van der Waals surface area contributed by atoms with Crippen molar-refractivity contribution in [2.75, 3.05) is 26.7 Å². The van der Waals surface area contributed by atoms with Gasteiger partial charge in [0.15, 0.2) is 6.10 Å². The fourth-order valence-electron chi connectivity index (χ4n) is 1.58. The van der Waals surface area contributed by atoms with Crippen molar-refractivity contribution >= 4 is 11.9 Å². The van der Waals surface area contributed by atoms with Gasteiger partial charge in [-0.1, -0.05) is 0 Å². The zero-order valence-corrected chi connectivity index (χ0v) is 8.64. The molecule has 0 radical (unpaired) electrons. The highest BCUT2D eigenvalue weighted by Gasteiger charge is 2.26. The molecule has 0 aromatic carbocycles. The Hall–Kier alpha value is -1.14. The minimum absolute atomic E-state index is 0.0870. The van der Waals surface area contributed by atoms with E-state index in [4.69, 9.17) is 10.2 Å². The maximum absolute atomic E-state index is 11.5. The van der Waals surface area contributed by atoms with Gasteiger partial charge in [0.05, 0.1) is 12.5 Å². The van der Waals surface area contributed by atoms with Crippen LogP contribution in [0, 0.1) is 5.92 Å². The number of carbonyl (C=O) groups is 2. The summed E-state index contributed by atoms with van der Waals surface area (Å²) in [4.78, 5) is 23.8. The molecule has 0 aromatic rings. The summed E-state index contributed by atoms with van der Waals surface area (Å²) in [5, 5.41) is 19.8. The molecule has 2 unspecified atom stereocenters. The second-order valence-electron chi connectivity index (χ2n) is 3.85. The topological polar surface area (TPSA) is 89.9 Å². The van der Waals surface area contributed by atoms with Crippen LogP contribution in [0.15, 0.2) is 0 Å². The first-order valence-corrected chi connectivity index (χ1v) is 4.88. The lowest BCUT2D eigenvalue weighted by Crippen LogP contribution is -2.40. The van der Waals surface area contributed by atoms with Gasteiger partial charge < -0.3 is 20.4 Å². The summed E-state index contributed by atoms with van der Waals surface area (Å²) in [5.41, 5.74) is 0. The molecule has 1 aliphatic rings. The lowest BCUT2D eigenvalue weighted by molar-refractivity contribution is -0.146. The van der Waals surface area contributed by atoms with Crippen molar-refractivity contribution in [2.45, 2.75) is 12.5 Å². The Balaban J connectivity index is 2.27. The monoisotopic (exact) mass is 216 g/mol. The normalized spacial score (nSPS) is 23.7. The molecule has 1 amide bonds. The van der Waals surface area contributed by atoms with Crippen molar-refractivity contribution in [3.05, 3.63) is 0 Å². The van der Waals surface area contributed by atoms with Gasteiger partial charge in [-0.05, 0) is 20.0 Å². The van der Waals surface area contributed by atoms with E-state index in [9.17, 15) is 9.59 Å². The maximum Gasteiger partial charge on any atom is 0.334 e. The van der Waals surface area contributed by atoms with Crippen molar-refractivity contribution in [3.63, 3.8) is 0 Å². The van der Waals surface area contributed by atoms with E-state index in [1.165, 1.54) is 0 Å². The van der Waals surface area contributed by atoms with Gasteiger partial charge in [0, 0.05) is 6.54 Å². The molecule has 6 nitrogen and oxygen atoms in total. The molecule has 0 spiro atoms. The number of hydrogen-bond acceptors (Lipinski definition) is 4. The number of carboxylic acid groups (broad SMARTS) is 1. The summed E-state index contributed by atoms with van der Waals surface area (Å²) >= 11 is 0. The Morgan fingerprint density at radius 2 is 2.27 bits per heavy atom. The van der Waals surface area contributed by atoms with E-state index < -0.39 is 12.1 Å². The van der Waals surface area contributed by atoms with Gasteiger partial charge in [-0.25, -0.2) is 4.79 Å². The summed E-state index contributed by atoms with van der Waals surface area (Å²) < 4.78 is 0. The van der Waals surface area contributed by atoms with Gasteiger partial charge >= 0.3 is 5.97 Å². The van der Waals surface area contributed by atoms with E-state index in [1.807, 2.05) is 11.9 Å². The first-order valence-electron chi connectivity index (χ1n) is 4.88. The van der Waals surface area contributed by atoms with Crippen molar-refractivity contribution in [3.8, 4) is 0 Å². The largest absolute Gasteiger partial charge is 0.479 e. The molecule has 1 fully saturated rings. The third-order valence-electron chi connectivity index (χ3n) is 2.52. The number of carbonyl (C=O) groups excluding carboxylic acids is 1. The van der Waals surface area contributed by atoms with Gasteiger partial charge in [-0.3, -0.25) is 4.79 Å². The number of aliphatic carboxylic acids is 1. The van der Waals surface area contributed by atoms with Gasteiger partial charge in [-0.15, -0.1) is 0 Å². The first-order chi connectivity index (χ1) is 7.00. The standard InChI is InChI=1S/C9H16N2O4/c1-11-3-2-6(5-11)8(13)10-4-7(12)9(14)15/h6-7,12H,2-5H2,1H3,(H,10,13)(H,14,15). The number of nitrogens with zero attached hydrogens (tertiary/aromatic N) is 1. The lowest BCUT2D eigenvalue weighted by atomic mass is 10.1. The first kappa shape index (κ1) is 11.9. The molecule has 1 rings (SSSR count). The molecule has 6 heteroatoms. The van der Waals surface area contributed by atoms with Crippen LogP contribution in [-0.4, -0.2) is 59.8 Å². The minimum atomic E-state index is -1.52. The average Bonchev–Trinajstić information content (AvgIpc) is 2.60. The number of aliphatic hydroxyl groups excluding tert-OH is 1. The van der Waals surface area contributed by atoms with Gasteiger partial charge in [0.25, 0.3) is 0 Å². The van der Waals surface area contributed by atoms with Crippen molar-refractivity contribution in [2.24, 2.45) is 5.92 Å². The van der Waals surface area contributed by atoms with Crippen LogP contribution in [0.25, 0.3) is 0 Å². The molecule has 0 aliphatic carbocycles. The van der Waals surface area contributed by atoms with Crippen LogP contribution in [0.4, 0.5) is 0 Å². The number of hydrogen-bond donors (Lipinski definition) is 3. The smallest absolute Gasteiger partial charge is 0.334 e. The van der Waals surface area contributed by atoms with E-state index in [1.54, 1.807) is 0 Å². The van der Waals surface area contributed by atoms with Crippen molar-refractivity contribution in [1.82, 2.24) is 10.2 Å². The Labute approximate surface area is 87.9 Å². The molecular formula is C9H16N2O4. The fraction of sp³-hybridized carbons (Fsp3) is 0.778. The lowest BCUT2D eigenvalue weighted by Gasteiger charge is -2.12. The number of carboxylic acids is 1. The van der Waals surface area contributed by atoms with E-state index in [0.29, 0.717) is 6.54 Å². The van der Waals surface area contributed by atoms with Crippen LogP contribution in [0.3, 0.4) is 0 Å². The number of amides is 1. The molecule has 2 atom stereocenters. The second-order valence-corrected chi connectivity index (χ2v) is 3.85. The fourth-order valence-corrected chi connectivity index (χ4v) is 1.58. The number of rotatable bonds is 4. The van der Waals surface area contributed by atoms with Crippen LogP contribution in [0.5, 0.6) is 0 Å². The predicted octanol–water partition coefficient (Wildman–Crippen LogP) is -1.50. The molecule has 1 heterocycles. The third-order valence-corrected chi connectivity index (χ3v) is 2.52. The van der Waals surface area contributed by atoms with Crippen molar-refractivity contribution in [1.29, 1.82) is 0 Å². The molecule has 86 valence electrons. The zero-order valence-electron chi connectivity index (χ0n) is 8.64. The van der Waals surface area contributed by atoms with Crippen molar-refractivity contribution < 1.29 is 19.8 Å². The van der Waals surface area contributed by atoms with Gasteiger partial charge in [0.2, 0.25) is 5.91 Å². The predicted molar refractivity (Wildman–Crippen MR) is 52.3 cm³/mol. The SMILES string of the molecule is CN1CCC(C(=O)NCC(O)C(=O)O)C1. The van der Waals surface area contributed by atoms with Crippen LogP contribution < -0.4 is 5.32 Å². The summed E-state index contributed by atoms with van der Waals surface area (Å²) in [6.45, 7) is 1.34. The molecule has 3 N–H and O–H groups in total. The zero-order chi connectivity index (χ0) is 11.4. The molecular weight excluding hydrogens is 200 g/mol. The van der Waals surface area contributed by atoms with E-state index >= 15 is 0 Å². The quantitative estimate of drug-likeness (QED) is 0.532. The summed E-state index contributed by atoms with van der Waals surface area (Å²) in [7, 11) is 1.93. The molecule has 0 aromatic heterocycles. The summed E-state index contributed by atoms with van der Waals surface area (Å²) in [6, 6.07) is 0. The van der Waals surface area contributed by atoms with Gasteiger partial charge in [-0.2, -0.15) is 0 Å². The maximum atomic E-state index is 11.5. The van der Waals surface area contributed by atoms with E-state index in [0.717, 1.165) is 13.0 Å².